The fraction of sp³-hybridized carbons (Fsp3) is 0.310. The van der Waals surface area contributed by atoms with E-state index in [4.69, 9.17) is 0 Å². The molecule has 0 N–H and O–H groups in total. The standard InChI is InChI=1S/C29H30F2NO3P/c1-19-10-12-20(13-11-19)15-23(33)16-21-7-6-14-32(29(21)34)28-25(30)17-22(18-26(28)31)24-8-4-5-9-27(24)36(2,3)35/h4-5,8-13,17-18,21H,6-7,14-16H2,1-3H3/t21-/m0/s1. The lowest BCUT2D eigenvalue weighted by atomic mass is 9.89. The molecule has 0 saturated carbocycles. The van der Waals surface area contributed by atoms with Gasteiger partial charge in [0.25, 0.3) is 0 Å². The van der Waals surface area contributed by atoms with Gasteiger partial charge in [0.1, 0.15) is 18.6 Å². The summed E-state index contributed by atoms with van der Waals surface area (Å²) in [5.74, 6) is -2.84. The number of carbonyl (C=O) groups excluding carboxylic acids is 2. The van der Waals surface area contributed by atoms with Crippen LogP contribution in [0.25, 0.3) is 11.1 Å². The van der Waals surface area contributed by atoms with Gasteiger partial charge >= 0.3 is 0 Å². The summed E-state index contributed by atoms with van der Waals surface area (Å²) in [6, 6.07) is 16.9. The van der Waals surface area contributed by atoms with Gasteiger partial charge in [-0.1, -0.05) is 54.1 Å². The second-order valence-corrected chi connectivity index (χ2v) is 13.1. The van der Waals surface area contributed by atoms with Crippen LogP contribution in [0.4, 0.5) is 14.5 Å². The van der Waals surface area contributed by atoms with Gasteiger partial charge < -0.3 is 9.46 Å². The van der Waals surface area contributed by atoms with E-state index in [1.54, 1.807) is 37.6 Å². The first-order chi connectivity index (χ1) is 17.0. The number of hydrogen-bond acceptors (Lipinski definition) is 3. The number of halogens is 2. The van der Waals surface area contributed by atoms with Gasteiger partial charge in [0.05, 0.1) is 0 Å². The molecule has 188 valence electrons. The second kappa shape index (κ2) is 10.5. The van der Waals surface area contributed by atoms with Crippen molar-refractivity contribution in [3.8, 4) is 11.1 Å². The number of benzene rings is 3. The van der Waals surface area contributed by atoms with E-state index in [9.17, 15) is 14.2 Å². The first-order valence-electron chi connectivity index (χ1n) is 12.1. The smallest absolute Gasteiger partial charge is 0.230 e. The van der Waals surface area contributed by atoms with Crippen molar-refractivity contribution in [1.29, 1.82) is 0 Å². The molecule has 4 nitrogen and oxygen atoms in total. The molecule has 1 heterocycles. The number of nitrogens with zero attached hydrogens (tertiary/aromatic N) is 1. The van der Waals surface area contributed by atoms with E-state index in [1.807, 2.05) is 31.2 Å². The summed E-state index contributed by atoms with van der Waals surface area (Å²) in [7, 11) is -2.69. The number of carbonyl (C=O) groups is 2. The van der Waals surface area contributed by atoms with Gasteiger partial charge in [-0.3, -0.25) is 9.59 Å². The average Bonchev–Trinajstić information content (AvgIpc) is 2.82. The Morgan fingerprint density at radius 1 is 1.03 bits per heavy atom. The van der Waals surface area contributed by atoms with Gasteiger partial charge in [0.15, 0.2) is 11.6 Å². The lowest BCUT2D eigenvalue weighted by Gasteiger charge is -2.32. The SMILES string of the molecule is Cc1ccc(CC(=O)C[C@@H]2CCCN(c3c(F)cc(-c4ccccc4P(C)(C)=O)cc3F)C2=O)cc1. The minimum Gasteiger partial charge on any atom is -0.319 e. The first kappa shape index (κ1) is 26.0. The molecule has 0 spiro atoms. The van der Waals surface area contributed by atoms with Crippen LogP contribution in [0.3, 0.4) is 0 Å². The predicted octanol–water partition coefficient (Wildman–Crippen LogP) is 6.13. The zero-order valence-corrected chi connectivity index (χ0v) is 21.7. The molecule has 3 aromatic carbocycles. The van der Waals surface area contributed by atoms with E-state index < -0.39 is 36.3 Å². The maximum Gasteiger partial charge on any atom is 0.230 e. The lowest BCUT2D eigenvalue weighted by Crippen LogP contribution is -2.43. The molecule has 4 rings (SSSR count). The molecule has 0 aromatic heterocycles. The highest BCUT2D eigenvalue weighted by molar-refractivity contribution is 7.70. The van der Waals surface area contributed by atoms with E-state index >= 15 is 8.78 Å². The normalized spacial score (nSPS) is 16.3. The highest BCUT2D eigenvalue weighted by Gasteiger charge is 2.34. The molecule has 3 aromatic rings. The molecule has 0 aliphatic carbocycles. The van der Waals surface area contributed by atoms with Gasteiger partial charge in [-0.05, 0) is 61.9 Å². The van der Waals surface area contributed by atoms with Gasteiger partial charge in [0, 0.05) is 30.6 Å². The average molecular weight is 510 g/mol. The highest BCUT2D eigenvalue weighted by Crippen LogP contribution is 2.40. The van der Waals surface area contributed by atoms with E-state index in [2.05, 4.69) is 0 Å². The third-order valence-electron chi connectivity index (χ3n) is 6.63. The van der Waals surface area contributed by atoms with Crippen LogP contribution in [0.5, 0.6) is 0 Å². The number of amides is 1. The van der Waals surface area contributed by atoms with Crippen molar-refractivity contribution in [2.24, 2.45) is 5.92 Å². The van der Waals surface area contributed by atoms with Crippen molar-refractivity contribution in [2.45, 2.75) is 32.6 Å². The molecule has 0 unspecified atom stereocenters. The van der Waals surface area contributed by atoms with Crippen molar-refractivity contribution in [1.82, 2.24) is 0 Å². The number of rotatable bonds is 7. The first-order valence-corrected chi connectivity index (χ1v) is 14.7. The van der Waals surface area contributed by atoms with E-state index in [0.29, 0.717) is 23.7 Å². The van der Waals surface area contributed by atoms with Crippen molar-refractivity contribution in [2.75, 3.05) is 24.8 Å². The summed E-state index contributed by atoms with van der Waals surface area (Å²) in [6.45, 7) is 5.37. The van der Waals surface area contributed by atoms with Crippen molar-refractivity contribution in [3.63, 3.8) is 0 Å². The van der Waals surface area contributed by atoms with Gasteiger partial charge in [-0.25, -0.2) is 8.78 Å². The van der Waals surface area contributed by atoms with Crippen molar-refractivity contribution < 1.29 is 22.9 Å². The van der Waals surface area contributed by atoms with Crippen LogP contribution in [0.1, 0.15) is 30.4 Å². The van der Waals surface area contributed by atoms with Crippen LogP contribution in [0.15, 0.2) is 60.7 Å². The van der Waals surface area contributed by atoms with Crippen LogP contribution in [0, 0.1) is 24.5 Å². The van der Waals surface area contributed by atoms with E-state index in [0.717, 1.165) is 16.0 Å². The minimum atomic E-state index is -2.69. The number of anilines is 1. The summed E-state index contributed by atoms with van der Waals surface area (Å²) < 4.78 is 43.4. The molecule has 1 fully saturated rings. The quantitative estimate of drug-likeness (QED) is 0.360. The number of piperidine rings is 1. The predicted molar refractivity (Wildman–Crippen MR) is 140 cm³/mol. The monoisotopic (exact) mass is 509 g/mol. The third kappa shape index (κ3) is 5.65. The molecule has 1 amide bonds. The Morgan fingerprint density at radius 2 is 1.67 bits per heavy atom. The zero-order chi connectivity index (χ0) is 26.0. The second-order valence-electron chi connectivity index (χ2n) is 9.89. The van der Waals surface area contributed by atoms with Crippen LogP contribution >= 0.6 is 7.14 Å². The Kier molecular flexibility index (Phi) is 7.56. The maximum atomic E-state index is 15.3. The maximum absolute atomic E-state index is 15.3. The summed E-state index contributed by atoms with van der Waals surface area (Å²) in [5, 5.41) is 0.540. The van der Waals surface area contributed by atoms with Gasteiger partial charge in [0.2, 0.25) is 5.91 Å². The molecular weight excluding hydrogens is 479 g/mol. The summed E-state index contributed by atoms with van der Waals surface area (Å²) in [6.07, 6.45) is 1.32. The number of hydrogen-bond donors (Lipinski definition) is 0. The van der Waals surface area contributed by atoms with Gasteiger partial charge in [-0.15, -0.1) is 0 Å². The third-order valence-corrected chi connectivity index (χ3v) is 8.18. The summed E-state index contributed by atoms with van der Waals surface area (Å²) >= 11 is 0. The Balaban J connectivity index is 1.56. The number of aryl methyl sites for hydroxylation is 1. The molecule has 1 saturated heterocycles. The minimum absolute atomic E-state index is 0.0419. The topological polar surface area (TPSA) is 54.5 Å². The Hall–Kier alpha value is -3.11. The molecular formula is C29H30F2NO3P. The Morgan fingerprint density at radius 3 is 2.31 bits per heavy atom. The van der Waals surface area contributed by atoms with Crippen LogP contribution in [-0.2, 0) is 20.6 Å². The molecule has 0 bridgehead atoms. The molecule has 1 aliphatic heterocycles. The van der Waals surface area contributed by atoms with Gasteiger partial charge in [-0.2, -0.15) is 0 Å². The lowest BCUT2D eigenvalue weighted by molar-refractivity contribution is -0.128. The fourth-order valence-electron chi connectivity index (χ4n) is 4.81. The van der Waals surface area contributed by atoms with E-state index in [1.165, 1.54) is 12.1 Å². The zero-order valence-electron chi connectivity index (χ0n) is 20.8. The van der Waals surface area contributed by atoms with Crippen molar-refractivity contribution >= 4 is 29.8 Å². The number of Topliss-reactive ketones (excluding diaryl/α,β-unsaturated/α-hetero) is 1. The molecule has 36 heavy (non-hydrogen) atoms. The fourth-order valence-corrected chi connectivity index (χ4v) is 6.04. The molecule has 0 radical (unpaired) electrons. The Bertz CT molecular complexity index is 1320. The molecule has 1 atom stereocenters. The Labute approximate surface area is 210 Å². The number of ketones is 1. The molecule has 1 aliphatic rings. The summed E-state index contributed by atoms with van der Waals surface area (Å²) in [5.41, 5.74) is 2.35. The van der Waals surface area contributed by atoms with Crippen LogP contribution < -0.4 is 10.2 Å². The van der Waals surface area contributed by atoms with E-state index in [-0.39, 0.29) is 30.7 Å². The molecule has 7 heteroatoms. The van der Waals surface area contributed by atoms with Crippen molar-refractivity contribution in [3.05, 3.63) is 83.4 Å². The van der Waals surface area contributed by atoms with Crippen LogP contribution in [0.2, 0.25) is 0 Å². The highest BCUT2D eigenvalue weighted by atomic mass is 31.2. The largest absolute Gasteiger partial charge is 0.319 e. The summed E-state index contributed by atoms with van der Waals surface area (Å²) in [4.78, 5) is 27.0. The van der Waals surface area contributed by atoms with Crippen LogP contribution in [-0.4, -0.2) is 31.6 Å².